The minimum atomic E-state index is -3.59. The Labute approximate surface area is 238 Å². The highest BCUT2D eigenvalue weighted by molar-refractivity contribution is 7.92. The molecule has 0 radical (unpaired) electrons. The number of rotatable bonds is 13. The van der Waals surface area contributed by atoms with Crippen molar-refractivity contribution in [2.45, 2.75) is 77.0 Å². The molecule has 11 heteroatoms. The summed E-state index contributed by atoms with van der Waals surface area (Å²) < 4.78 is 31.5. The average Bonchev–Trinajstić information content (AvgIpc) is 2.83. The zero-order valence-electron chi connectivity index (χ0n) is 23.4. The van der Waals surface area contributed by atoms with Crippen molar-refractivity contribution in [2.75, 3.05) is 29.0 Å². The number of hydrogen-bond donors (Lipinski definition) is 4. The van der Waals surface area contributed by atoms with Gasteiger partial charge in [0.05, 0.1) is 23.7 Å². The number of aromatic hydroxyl groups is 1. The predicted octanol–water partition coefficient (Wildman–Crippen LogP) is 5.43. The summed E-state index contributed by atoms with van der Waals surface area (Å²) in [5, 5.41) is 24.0. The first-order chi connectivity index (χ1) is 17.8. The molecule has 1 aliphatic rings. The lowest BCUT2D eigenvalue weighted by Gasteiger charge is -2.43. The molecule has 218 valence electrons. The number of fused-ring (bicyclic) bond motifs is 1. The summed E-state index contributed by atoms with van der Waals surface area (Å²) >= 11 is 0. The van der Waals surface area contributed by atoms with Gasteiger partial charge in [0.25, 0.3) is 0 Å². The summed E-state index contributed by atoms with van der Waals surface area (Å²) in [6, 6.07) is 12.3. The van der Waals surface area contributed by atoms with E-state index in [1.54, 1.807) is 11.0 Å². The number of amides is 1. The lowest BCUT2D eigenvalue weighted by atomic mass is 9.82. The standard InChI is InChI=1S/C28H41N3O6S.ClH/c1-6-14-28(15-7-2)21-10-8-9-11-23(21)31(26(34)37-28)17-16-27(3,4)29-19-25(33)20-12-13-24(32)22(18-20)30-38(5,35)36;/h8-13,18,25,29-30,32-33H,6-7,14-17,19H2,1-5H3;1H. The number of aliphatic hydroxyl groups excluding tert-OH is 1. The molecule has 3 rings (SSSR count). The van der Waals surface area contributed by atoms with Gasteiger partial charge in [0.1, 0.15) is 11.4 Å². The molecular weight excluding hydrogens is 542 g/mol. The largest absolute Gasteiger partial charge is 0.506 e. The number of cyclic esters (lactones) is 1. The number of aliphatic hydroxyl groups is 1. The van der Waals surface area contributed by atoms with Crippen LogP contribution in [0.1, 0.15) is 77.0 Å². The molecule has 9 nitrogen and oxygen atoms in total. The van der Waals surface area contributed by atoms with Gasteiger partial charge in [-0.2, -0.15) is 0 Å². The van der Waals surface area contributed by atoms with Crippen molar-refractivity contribution in [3.8, 4) is 5.75 Å². The van der Waals surface area contributed by atoms with Crippen molar-refractivity contribution in [2.24, 2.45) is 0 Å². The van der Waals surface area contributed by atoms with E-state index in [2.05, 4.69) is 30.0 Å². The Bertz CT molecular complexity index is 1230. The predicted molar refractivity (Wildman–Crippen MR) is 157 cm³/mol. The van der Waals surface area contributed by atoms with Crippen LogP contribution in [0.3, 0.4) is 0 Å². The van der Waals surface area contributed by atoms with Gasteiger partial charge >= 0.3 is 6.09 Å². The lowest BCUT2D eigenvalue weighted by molar-refractivity contribution is -0.00977. The van der Waals surface area contributed by atoms with E-state index in [9.17, 15) is 23.4 Å². The van der Waals surface area contributed by atoms with Crippen LogP contribution >= 0.6 is 12.4 Å². The van der Waals surface area contributed by atoms with Crippen LogP contribution in [-0.4, -0.2) is 49.6 Å². The smallest absolute Gasteiger partial charge is 0.415 e. The van der Waals surface area contributed by atoms with Crippen molar-refractivity contribution in [1.29, 1.82) is 0 Å². The Hall–Kier alpha value is -2.53. The summed E-state index contributed by atoms with van der Waals surface area (Å²) in [5.74, 6) is -0.227. The minimum Gasteiger partial charge on any atom is -0.506 e. The zero-order chi connectivity index (χ0) is 28.1. The number of phenolic OH excluding ortho intramolecular Hbond substituents is 1. The van der Waals surface area contributed by atoms with E-state index in [1.165, 1.54) is 12.1 Å². The molecule has 0 saturated heterocycles. The molecule has 1 unspecified atom stereocenters. The first-order valence-corrected chi connectivity index (χ1v) is 15.0. The van der Waals surface area contributed by atoms with E-state index in [0.29, 0.717) is 18.5 Å². The quantitative estimate of drug-likeness (QED) is 0.231. The van der Waals surface area contributed by atoms with Crippen LogP contribution in [0.2, 0.25) is 0 Å². The van der Waals surface area contributed by atoms with E-state index < -0.39 is 27.3 Å². The Balaban J connectivity index is 0.00000533. The third kappa shape index (κ3) is 8.23. The van der Waals surface area contributed by atoms with Crippen LogP contribution in [0.25, 0.3) is 0 Å². The van der Waals surface area contributed by atoms with Crippen LogP contribution in [0.5, 0.6) is 5.75 Å². The lowest BCUT2D eigenvalue weighted by Crippen LogP contribution is -2.49. The Morgan fingerprint density at radius 3 is 2.36 bits per heavy atom. The monoisotopic (exact) mass is 583 g/mol. The molecule has 0 aromatic heterocycles. The molecule has 1 atom stereocenters. The van der Waals surface area contributed by atoms with Crippen molar-refractivity contribution in [3.05, 3.63) is 53.6 Å². The number of benzene rings is 2. The van der Waals surface area contributed by atoms with Crippen molar-refractivity contribution in [3.63, 3.8) is 0 Å². The Kier molecular flexibility index (Phi) is 11.1. The number of carbonyl (C=O) groups is 1. The number of β-amino-alcohol motifs (C(OH)–C–C–N with tert-alkyl or cyclic N) is 1. The molecule has 39 heavy (non-hydrogen) atoms. The zero-order valence-corrected chi connectivity index (χ0v) is 25.0. The van der Waals surface area contributed by atoms with E-state index in [0.717, 1.165) is 43.2 Å². The average molecular weight is 584 g/mol. The van der Waals surface area contributed by atoms with E-state index in [-0.39, 0.29) is 36.5 Å². The fourth-order valence-electron chi connectivity index (χ4n) is 5.00. The van der Waals surface area contributed by atoms with Gasteiger partial charge in [0.15, 0.2) is 0 Å². The first kappa shape index (κ1) is 32.7. The number of anilines is 2. The summed E-state index contributed by atoms with van der Waals surface area (Å²) in [4.78, 5) is 14.9. The van der Waals surface area contributed by atoms with Crippen LogP contribution in [0, 0.1) is 0 Å². The number of para-hydroxylation sites is 1. The molecule has 1 amide bonds. The van der Waals surface area contributed by atoms with Gasteiger partial charge in [-0.15, -0.1) is 12.4 Å². The van der Waals surface area contributed by atoms with Gasteiger partial charge in [-0.3, -0.25) is 9.62 Å². The number of nitrogens with one attached hydrogen (secondary N) is 2. The number of hydrogen-bond acceptors (Lipinski definition) is 7. The SMILES string of the molecule is CCCC1(CCC)OC(=O)N(CCC(C)(C)NCC(O)c2ccc(O)c(NS(C)(=O)=O)c2)c2ccccc21.Cl. The molecule has 2 aromatic rings. The second kappa shape index (κ2) is 13.2. The highest BCUT2D eigenvalue weighted by Gasteiger charge is 2.43. The van der Waals surface area contributed by atoms with Crippen molar-refractivity contribution in [1.82, 2.24) is 5.32 Å². The molecule has 0 spiro atoms. The number of carbonyl (C=O) groups excluding carboxylic acids is 1. The van der Waals surface area contributed by atoms with Crippen LogP contribution in [-0.2, 0) is 20.4 Å². The fourth-order valence-corrected chi connectivity index (χ4v) is 5.56. The van der Waals surface area contributed by atoms with E-state index in [4.69, 9.17) is 4.74 Å². The molecule has 1 heterocycles. The highest BCUT2D eigenvalue weighted by Crippen LogP contribution is 2.45. The number of halogens is 1. The normalized spacial score (nSPS) is 15.6. The molecule has 2 aromatic carbocycles. The van der Waals surface area contributed by atoms with E-state index >= 15 is 0 Å². The van der Waals surface area contributed by atoms with Crippen molar-refractivity contribution < 1.29 is 28.2 Å². The second-order valence-electron chi connectivity index (χ2n) is 10.7. The second-order valence-corrected chi connectivity index (χ2v) is 12.5. The number of sulfonamides is 1. The van der Waals surface area contributed by atoms with Crippen LogP contribution in [0.4, 0.5) is 16.2 Å². The minimum absolute atomic E-state index is 0. The van der Waals surface area contributed by atoms with Gasteiger partial charge in [0.2, 0.25) is 10.0 Å². The van der Waals surface area contributed by atoms with Crippen molar-refractivity contribution >= 4 is 39.9 Å². The maximum absolute atomic E-state index is 13.2. The third-order valence-electron chi connectivity index (χ3n) is 6.93. The maximum Gasteiger partial charge on any atom is 0.415 e. The highest BCUT2D eigenvalue weighted by atomic mass is 35.5. The van der Waals surface area contributed by atoms with Gasteiger partial charge in [-0.25, -0.2) is 13.2 Å². The topological polar surface area (TPSA) is 128 Å². The summed E-state index contributed by atoms with van der Waals surface area (Å²) in [5.41, 5.74) is 1.36. The summed E-state index contributed by atoms with van der Waals surface area (Å²) in [6.07, 6.45) is 3.68. The Morgan fingerprint density at radius 2 is 1.74 bits per heavy atom. The van der Waals surface area contributed by atoms with Gasteiger partial charge in [-0.05, 0) is 56.9 Å². The summed E-state index contributed by atoms with van der Waals surface area (Å²) in [6.45, 7) is 8.81. The number of ether oxygens (including phenoxy) is 1. The van der Waals surface area contributed by atoms with Gasteiger partial charge in [0, 0.05) is 24.2 Å². The van der Waals surface area contributed by atoms with E-state index in [1.807, 2.05) is 32.0 Å². The van der Waals surface area contributed by atoms with Crippen LogP contribution < -0.4 is 14.9 Å². The molecular formula is C28H42ClN3O6S. The summed E-state index contributed by atoms with van der Waals surface area (Å²) in [7, 11) is -3.59. The first-order valence-electron chi connectivity index (χ1n) is 13.1. The molecule has 0 aliphatic carbocycles. The molecule has 0 fully saturated rings. The molecule has 1 aliphatic heterocycles. The molecule has 4 N–H and O–H groups in total. The molecule has 0 bridgehead atoms. The van der Waals surface area contributed by atoms with Gasteiger partial charge < -0.3 is 20.3 Å². The number of phenols is 1. The maximum atomic E-state index is 13.2. The Morgan fingerprint density at radius 1 is 1.10 bits per heavy atom. The molecule has 0 saturated carbocycles. The fraction of sp³-hybridized carbons (Fsp3) is 0.536. The number of nitrogens with zero attached hydrogens (tertiary/aromatic N) is 1. The third-order valence-corrected chi connectivity index (χ3v) is 7.52. The van der Waals surface area contributed by atoms with Gasteiger partial charge in [-0.1, -0.05) is 51.0 Å². The van der Waals surface area contributed by atoms with Crippen LogP contribution in [0.15, 0.2) is 42.5 Å².